The molecule has 5 heterocycles. The zero-order valence-corrected chi connectivity index (χ0v) is 14.9. The van der Waals surface area contributed by atoms with E-state index in [1.807, 2.05) is 25.4 Å². The van der Waals surface area contributed by atoms with E-state index in [9.17, 15) is 4.79 Å². The van der Waals surface area contributed by atoms with E-state index in [-0.39, 0.29) is 11.9 Å². The minimum Gasteiger partial charge on any atom is -0.328 e. The predicted octanol–water partition coefficient (Wildman–Crippen LogP) is 0.938. The molecule has 0 bridgehead atoms. The molecule has 0 fully saturated rings. The molecule has 1 aliphatic rings. The van der Waals surface area contributed by atoms with Crippen LogP contribution in [-0.2, 0) is 13.6 Å². The van der Waals surface area contributed by atoms with Crippen LogP contribution in [0.5, 0.6) is 0 Å². The second-order valence-electron chi connectivity index (χ2n) is 6.69. The van der Waals surface area contributed by atoms with Gasteiger partial charge in [-0.15, -0.1) is 10.2 Å². The number of carbonyl (C=O) groups excluding carboxylic acids is 1. The van der Waals surface area contributed by atoms with Gasteiger partial charge in [-0.3, -0.25) is 9.48 Å². The SMILES string of the molecule is C[C@H]1CN(C(=O)c2cccc3ncnn23)Cc2nnc(-c3cnn(C)c3)n21. The maximum absolute atomic E-state index is 13.1. The number of fused-ring (bicyclic) bond motifs is 2. The molecule has 0 spiro atoms. The number of carbonyl (C=O) groups is 1. The van der Waals surface area contributed by atoms with E-state index in [1.54, 1.807) is 26.4 Å². The Hall–Kier alpha value is -3.56. The van der Waals surface area contributed by atoms with E-state index in [0.29, 0.717) is 24.4 Å². The largest absolute Gasteiger partial charge is 0.328 e. The number of aromatic nitrogens is 8. The van der Waals surface area contributed by atoms with Gasteiger partial charge in [0.1, 0.15) is 12.0 Å². The number of nitrogens with zero attached hydrogens (tertiary/aromatic N) is 9. The summed E-state index contributed by atoms with van der Waals surface area (Å²) in [6.07, 6.45) is 5.13. The molecule has 0 unspecified atom stereocenters. The first kappa shape index (κ1) is 15.7. The molecule has 10 heteroatoms. The molecular formula is C17H17N9O. The van der Waals surface area contributed by atoms with Crippen molar-refractivity contribution in [1.82, 2.24) is 44.0 Å². The first-order valence-electron chi connectivity index (χ1n) is 8.62. The lowest BCUT2D eigenvalue weighted by Gasteiger charge is -2.32. The van der Waals surface area contributed by atoms with Gasteiger partial charge in [-0.1, -0.05) is 6.07 Å². The zero-order chi connectivity index (χ0) is 18.5. The molecule has 5 rings (SSSR count). The number of aryl methyl sites for hydroxylation is 1. The Morgan fingerprint density at radius 1 is 1.22 bits per heavy atom. The summed E-state index contributed by atoms with van der Waals surface area (Å²) in [6.45, 7) is 3.01. The molecule has 0 saturated carbocycles. The average Bonchev–Trinajstić information content (AvgIpc) is 3.39. The van der Waals surface area contributed by atoms with Crippen LogP contribution in [0, 0.1) is 0 Å². The molecule has 4 aromatic rings. The van der Waals surface area contributed by atoms with Crippen LogP contribution in [0.2, 0.25) is 0 Å². The standard InChI is InChI=1S/C17H17N9O/c1-11-7-24(17(27)13-4-3-5-14-18-10-20-26(13)14)9-15-21-22-16(25(11)15)12-6-19-23(2)8-12/h3-6,8,10-11H,7,9H2,1-2H3/t11-/m0/s1. The Balaban J connectivity index is 1.49. The fraction of sp³-hybridized carbons (Fsp3) is 0.294. The van der Waals surface area contributed by atoms with Crippen LogP contribution < -0.4 is 0 Å². The van der Waals surface area contributed by atoms with Gasteiger partial charge in [0.15, 0.2) is 17.3 Å². The van der Waals surface area contributed by atoms with Crippen molar-refractivity contribution in [1.29, 1.82) is 0 Å². The molecule has 0 N–H and O–H groups in total. The molecule has 0 radical (unpaired) electrons. The topological polar surface area (TPSA) is 99.0 Å². The van der Waals surface area contributed by atoms with E-state index in [1.165, 1.54) is 6.33 Å². The third-order valence-corrected chi connectivity index (χ3v) is 4.80. The van der Waals surface area contributed by atoms with E-state index < -0.39 is 0 Å². The van der Waals surface area contributed by atoms with Crippen LogP contribution in [0.25, 0.3) is 17.0 Å². The van der Waals surface area contributed by atoms with Gasteiger partial charge < -0.3 is 9.47 Å². The molecule has 1 amide bonds. The van der Waals surface area contributed by atoms with Crippen LogP contribution in [0.1, 0.15) is 29.3 Å². The molecule has 0 aliphatic carbocycles. The van der Waals surface area contributed by atoms with E-state index in [2.05, 4.69) is 36.9 Å². The van der Waals surface area contributed by atoms with Crippen molar-refractivity contribution >= 4 is 11.6 Å². The monoisotopic (exact) mass is 363 g/mol. The smallest absolute Gasteiger partial charge is 0.273 e. The van der Waals surface area contributed by atoms with Crippen LogP contribution in [0.4, 0.5) is 0 Å². The minimum atomic E-state index is -0.102. The molecule has 1 aliphatic heterocycles. The second-order valence-corrected chi connectivity index (χ2v) is 6.69. The van der Waals surface area contributed by atoms with Crippen molar-refractivity contribution in [3.05, 3.63) is 48.4 Å². The summed E-state index contributed by atoms with van der Waals surface area (Å²) in [7, 11) is 1.87. The van der Waals surface area contributed by atoms with Crippen molar-refractivity contribution in [3.63, 3.8) is 0 Å². The number of hydrogen-bond acceptors (Lipinski definition) is 6. The van der Waals surface area contributed by atoms with Gasteiger partial charge in [-0.25, -0.2) is 9.50 Å². The fourth-order valence-electron chi connectivity index (χ4n) is 3.59. The Morgan fingerprint density at radius 3 is 2.93 bits per heavy atom. The molecule has 1 atom stereocenters. The highest BCUT2D eigenvalue weighted by atomic mass is 16.2. The van der Waals surface area contributed by atoms with Crippen molar-refractivity contribution in [2.75, 3.05) is 6.54 Å². The van der Waals surface area contributed by atoms with Gasteiger partial charge in [-0.05, 0) is 19.1 Å². The summed E-state index contributed by atoms with van der Waals surface area (Å²) in [6, 6.07) is 5.43. The molecule has 136 valence electrons. The summed E-state index contributed by atoms with van der Waals surface area (Å²) >= 11 is 0. The maximum atomic E-state index is 13.1. The van der Waals surface area contributed by atoms with Crippen molar-refractivity contribution in [2.45, 2.75) is 19.5 Å². The lowest BCUT2D eigenvalue weighted by molar-refractivity contribution is 0.0673. The van der Waals surface area contributed by atoms with E-state index in [4.69, 9.17) is 0 Å². The third kappa shape index (κ3) is 2.40. The highest BCUT2D eigenvalue weighted by molar-refractivity contribution is 5.93. The van der Waals surface area contributed by atoms with Gasteiger partial charge in [0.25, 0.3) is 5.91 Å². The molecule has 10 nitrogen and oxygen atoms in total. The molecule has 27 heavy (non-hydrogen) atoms. The Bertz CT molecular complexity index is 1150. The zero-order valence-electron chi connectivity index (χ0n) is 14.9. The molecule has 0 aromatic carbocycles. The normalized spacial score (nSPS) is 16.7. The second kappa shape index (κ2) is 5.73. The summed E-state index contributed by atoms with van der Waals surface area (Å²) in [4.78, 5) is 19.0. The van der Waals surface area contributed by atoms with Crippen LogP contribution in [0.3, 0.4) is 0 Å². The lowest BCUT2D eigenvalue weighted by Crippen LogP contribution is -2.41. The van der Waals surface area contributed by atoms with Crippen molar-refractivity contribution < 1.29 is 4.79 Å². The first-order chi connectivity index (χ1) is 13.1. The molecule has 4 aromatic heterocycles. The average molecular weight is 363 g/mol. The number of pyridine rings is 1. The van der Waals surface area contributed by atoms with E-state index >= 15 is 0 Å². The van der Waals surface area contributed by atoms with E-state index in [0.717, 1.165) is 17.2 Å². The van der Waals surface area contributed by atoms with Gasteiger partial charge >= 0.3 is 0 Å². The maximum Gasteiger partial charge on any atom is 0.273 e. The third-order valence-electron chi connectivity index (χ3n) is 4.80. The van der Waals surface area contributed by atoms with Gasteiger partial charge in [0.05, 0.1) is 24.3 Å². The fourth-order valence-corrected chi connectivity index (χ4v) is 3.59. The van der Waals surface area contributed by atoms with Gasteiger partial charge in [0, 0.05) is 19.8 Å². The quantitative estimate of drug-likeness (QED) is 0.525. The van der Waals surface area contributed by atoms with Gasteiger partial charge in [-0.2, -0.15) is 10.2 Å². The van der Waals surface area contributed by atoms with Crippen LogP contribution >= 0.6 is 0 Å². The molecular weight excluding hydrogens is 346 g/mol. The summed E-state index contributed by atoms with van der Waals surface area (Å²) < 4.78 is 5.38. The molecule has 0 saturated heterocycles. The predicted molar refractivity (Wildman–Crippen MR) is 94.7 cm³/mol. The Labute approximate surface area is 154 Å². The highest BCUT2D eigenvalue weighted by Gasteiger charge is 2.31. The summed E-state index contributed by atoms with van der Waals surface area (Å²) in [5, 5.41) is 17.0. The number of hydrogen-bond donors (Lipinski definition) is 0. The Kier molecular flexibility index (Phi) is 3.33. The highest BCUT2D eigenvalue weighted by Crippen LogP contribution is 2.27. The van der Waals surface area contributed by atoms with Gasteiger partial charge in [0.2, 0.25) is 0 Å². The summed E-state index contributed by atoms with van der Waals surface area (Å²) in [5.41, 5.74) is 2.04. The number of amides is 1. The number of rotatable bonds is 2. The van der Waals surface area contributed by atoms with Crippen molar-refractivity contribution in [3.8, 4) is 11.4 Å². The van der Waals surface area contributed by atoms with Crippen molar-refractivity contribution in [2.24, 2.45) is 7.05 Å². The Morgan fingerprint density at radius 2 is 2.11 bits per heavy atom. The minimum absolute atomic E-state index is 0.0397. The van der Waals surface area contributed by atoms with Crippen LogP contribution in [0.15, 0.2) is 36.9 Å². The summed E-state index contributed by atoms with van der Waals surface area (Å²) in [5.74, 6) is 1.43. The first-order valence-corrected chi connectivity index (χ1v) is 8.62. The van der Waals surface area contributed by atoms with Crippen LogP contribution in [-0.4, -0.2) is 56.5 Å². The lowest BCUT2D eigenvalue weighted by atomic mass is 10.2.